The van der Waals surface area contributed by atoms with Crippen LogP contribution in [-0.4, -0.2) is 73.4 Å². The van der Waals surface area contributed by atoms with Gasteiger partial charge in [0.05, 0.1) is 38.3 Å². The van der Waals surface area contributed by atoms with E-state index in [1.807, 2.05) is 6.07 Å². The molecule has 0 aliphatic carbocycles. The number of hydrogen-bond acceptors (Lipinski definition) is 7. The van der Waals surface area contributed by atoms with Crippen LogP contribution in [0.1, 0.15) is 37.1 Å². The van der Waals surface area contributed by atoms with Crippen LogP contribution in [0.15, 0.2) is 16.9 Å². The van der Waals surface area contributed by atoms with Crippen LogP contribution < -0.4 is 14.9 Å². The van der Waals surface area contributed by atoms with E-state index in [4.69, 9.17) is 14.2 Å². The minimum atomic E-state index is -1.49. The summed E-state index contributed by atoms with van der Waals surface area (Å²) in [6.07, 6.45) is 4.48. The van der Waals surface area contributed by atoms with Gasteiger partial charge in [0, 0.05) is 29.9 Å². The number of rotatable bonds is 9. The van der Waals surface area contributed by atoms with Gasteiger partial charge < -0.3 is 24.3 Å². The van der Waals surface area contributed by atoms with Gasteiger partial charge in [0.25, 0.3) is 0 Å². The molecular formula is C25H34N2O6. The number of H-pyrrole nitrogens is 1. The third kappa shape index (κ3) is 5.63. The Kier molecular flexibility index (Phi) is 7.94. The summed E-state index contributed by atoms with van der Waals surface area (Å²) < 4.78 is 16.7. The number of nitrogens with zero attached hydrogens (tertiary/aromatic N) is 1. The molecule has 3 rings (SSSR count). The molecule has 1 aromatic carbocycles. The normalized spacial score (nSPS) is 15.3. The summed E-state index contributed by atoms with van der Waals surface area (Å²) in [7, 11) is 3.13. The minimum Gasteiger partial charge on any atom is -0.496 e. The van der Waals surface area contributed by atoms with E-state index in [2.05, 4.69) is 9.88 Å². The first-order valence-corrected chi connectivity index (χ1v) is 11.2. The number of aryl methyl sites for hydroxylation is 1. The molecule has 2 aromatic rings. The highest BCUT2D eigenvalue weighted by atomic mass is 16.5. The molecule has 2 heterocycles. The zero-order valence-electron chi connectivity index (χ0n) is 20.1. The molecule has 1 aliphatic rings. The first-order valence-electron chi connectivity index (χ1n) is 11.2. The summed E-state index contributed by atoms with van der Waals surface area (Å²) >= 11 is 0. The van der Waals surface area contributed by atoms with Crippen molar-refractivity contribution in [3.63, 3.8) is 0 Å². The number of aromatic amines is 1. The molecule has 1 fully saturated rings. The van der Waals surface area contributed by atoms with Crippen LogP contribution in [0.25, 0.3) is 17.0 Å². The number of ketones is 1. The number of methoxy groups -OCH3 is 2. The van der Waals surface area contributed by atoms with E-state index in [1.165, 1.54) is 26.0 Å². The van der Waals surface area contributed by atoms with E-state index in [0.717, 1.165) is 51.3 Å². The topological polar surface area (TPSA) is 101 Å². The fourth-order valence-corrected chi connectivity index (χ4v) is 4.00. The number of carbonyl (C=O) groups is 1. The van der Waals surface area contributed by atoms with Crippen LogP contribution >= 0.6 is 0 Å². The van der Waals surface area contributed by atoms with Gasteiger partial charge in [-0.05, 0) is 58.4 Å². The number of aromatic nitrogens is 1. The van der Waals surface area contributed by atoms with Gasteiger partial charge in [-0.15, -0.1) is 0 Å². The molecule has 0 bridgehead atoms. The maximum Gasteiger partial charge on any atom is 0.196 e. The van der Waals surface area contributed by atoms with E-state index >= 15 is 0 Å². The lowest BCUT2D eigenvalue weighted by atomic mass is 10.00. The van der Waals surface area contributed by atoms with Crippen LogP contribution in [0, 0.1) is 6.92 Å². The van der Waals surface area contributed by atoms with Crippen molar-refractivity contribution >= 4 is 22.8 Å². The van der Waals surface area contributed by atoms with Gasteiger partial charge in [-0.25, -0.2) is 0 Å². The summed E-state index contributed by atoms with van der Waals surface area (Å²) in [6, 6.07) is 1.88. The largest absolute Gasteiger partial charge is 0.496 e. The zero-order valence-corrected chi connectivity index (χ0v) is 20.1. The lowest BCUT2D eigenvalue weighted by Crippen LogP contribution is -2.36. The van der Waals surface area contributed by atoms with Crippen molar-refractivity contribution in [2.45, 2.75) is 39.2 Å². The molecular weight excluding hydrogens is 424 g/mol. The zero-order chi connectivity index (χ0) is 24.2. The predicted molar refractivity (Wildman–Crippen MR) is 128 cm³/mol. The minimum absolute atomic E-state index is 0.200. The van der Waals surface area contributed by atoms with Gasteiger partial charge in [-0.3, -0.25) is 14.5 Å². The third-order valence-corrected chi connectivity index (χ3v) is 6.00. The number of morpholine rings is 1. The van der Waals surface area contributed by atoms with Crippen LogP contribution in [-0.2, 0) is 16.0 Å². The summed E-state index contributed by atoms with van der Waals surface area (Å²) in [5.41, 5.74) is 0.713. The van der Waals surface area contributed by atoms with Crippen LogP contribution in [0.5, 0.6) is 11.5 Å². The Bertz CT molecular complexity index is 1090. The maximum absolute atomic E-state index is 13.2. The first kappa shape index (κ1) is 25.0. The van der Waals surface area contributed by atoms with Gasteiger partial charge >= 0.3 is 0 Å². The average Bonchev–Trinajstić information content (AvgIpc) is 2.79. The Morgan fingerprint density at radius 3 is 2.58 bits per heavy atom. The van der Waals surface area contributed by atoms with Crippen molar-refractivity contribution in [3.05, 3.63) is 39.2 Å². The predicted octanol–water partition coefficient (Wildman–Crippen LogP) is 2.47. The molecule has 0 amide bonds. The highest BCUT2D eigenvalue weighted by Gasteiger charge is 2.22. The van der Waals surface area contributed by atoms with Gasteiger partial charge in [0.2, 0.25) is 0 Å². The first-order chi connectivity index (χ1) is 15.7. The fraction of sp³-hybridized carbons (Fsp3) is 0.520. The molecule has 8 nitrogen and oxygen atoms in total. The van der Waals surface area contributed by atoms with Gasteiger partial charge in [0.1, 0.15) is 17.1 Å². The van der Waals surface area contributed by atoms with E-state index < -0.39 is 11.4 Å². The fourth-order valence-electron chi connectivity index (χ4n) is 4.00. The Labute approximate surface area is 194 Å². The SMILES string of the molecule is COc1c(CCCN2CCOCC2)cc(OC)c2c(=O)c(C)c(C=CC(=O)C(C)(C)O)[nH]c12. The Hall–Kier alpha value is -2.68. The number of benzene rings is 1. The second-order valence-electron chi connectivity index (χ2n) is 8.83. The maximum atomic E-state index is 13.2. The standard InChI is InChI=1S/C25H34N2O6/c1-16-18(8-9-20(28)25(2,3)30)26-22-21(23(16)29)19(31-4)15-17(24(22)32-5)7-6-10-27-11-13-33-14-12-27/h8-9,15,30H,6-7,10-14H2,1-5H3,(H,26,29). The van der Waals surface area contributed by atoms with Crippen molar-refractivity contribution in [1.82, 2.24) is 9.88 Å². The number of fused-ring (bicyclic) bond motifs is 1. The Morgan fingerprint density at radius 2 is 1.97 bits per heavy atom. The smallest absolute Gasteiger partial charge is 0.196 e. The molecule has 1 saturated heterocycles. The Balaban J connectivity index is 2.01. The second-order valence-corrected chi connectivity index (χ2v) is 8.83. The number of nitrogens with one attached hydrogen (secondary N) is 1. The highest BCUT2D eigenvalue weighted by Crippen LogP contribution is 2.35. The quantitative estimate of drug-likeness (QED) is 0.557. The average molecular weight is 459 g/mol. The summed E-state index contributed by atoms with van der Waals surface area (Å²) in [6.45, 7) is 8.88. The molecule has 180 valence electrons. The monoisotopic (exact) mass is 458 g/mol. The summed E-state index contributed by atoms with van der Waals surface area (Å²) in [5.74, 6) is 0.622. The van der Waals surface area contributed by atoms with E-state index in [9.17, 15) is 14.7 Å². The number of ether oxygens (including phenoxy) is 3. The molecule has 0 radical (unpaired) electrons. The number of hydrogen-bond donors (Lipinski definition) is 2. The molecule has 33 heavy (non-hydrogen) atoms. The third-order valence-electron chi connectivity index (χ3n) is 6.00. The Morgan fingerprint density at radius 1 is 1.27 bits per heavy atom. The molecule has 0 unspecified atom stereocenters. The van der Waals surface area contributed by atoms with Crippen molar-refractivity contribution in [2.24, 2.45) is 0 Å². The van der Waals surface area contributed by atoms with Crippen LogP contribution in [0.3, 0.4) is 0 Å². The van der Waals surface area contributed by atoms with Gasteiger partial charge in [-0.2, -0.15) is 0 Å². The van der Waals surface area contributed by atoms with E-state index in [1.54, 1.807) is 21.1 Å². The number of carbonyl (C=O) groups excluding carboxylic acids is 1. The molecule has 0 spiro atoms. The summed E-state index contributed by atoms with van der Waals surface area (Å²) in [5, 5.41) is 10.3. The van der Waals surface area contributed by atoms with Crippen LogP contribution in [0.2, 0.25) is 0 Å². The number of pyridine rings is 1. The lowest BCUT2D eigenvalue weighted by molar-refractivity contribution is -0.128. The van der Waals surface area contributed by atoms with Crippen LogP contribution in [0.4, 0.5) is 0 Å². The number of aliphatic hydroxyl groups is 1. The van der Waals surface area contributed by atoms with Crippen molar-refractivity contribution in [3.8, 4) is 11.5 Å². The van der Waals surface area contributed by atoms with Crippen molar-refractivity contribution in [1.29, 1.82) is 0 Å². The highest BCUT2D eigenvalue weighted by molar-refractivity contribution is 5.99. The van der Waals surface area contributed by atoms with E-state index in [0.29, 0.717) is 33.7 Å². The summed E-state index contributed by atoms with van der Waals surface area (Å²) in [4.78, 5) is 31.0. The van der Waals surface area contributed by atoms with E-state index in [-0.39, 0.29) is 5.43 Å². The molecule has 1 aliphatic heterocycles. The van der Waals surface area contributed by atoms with Crippen molar-refractivity contribution < 1.29 is 24.1 Å². The molecule has 1 aromatic heterocycles. The van der Waals surface area contributed by atoms with Crippen molar-refractivity contribution in [2.75, 3.05) is 47.1 Å². The molecule has 2 N–H and O–H groups in total. The molecule has 8 heteroatoms. The lowest BCUT2D eigenvalue weighted by Gasteiger charge is -2.26. The molecule has 0 atom stereocenters. The second kappa shape index (κ2) is 10.5. The van der Waals surface area contributed by atoms with Gasteiger partial charge in [0.15, 0.2) is 11.2 Å². The molecule has 0 saturated carbocycles. The van der Waals surface area contributed by atoms with Gasteiger partial charge in [-0.1, -0.05) is 0 Å².